The van der Waals surface area contributed by atoms with Crippen LogP contribution in [0.3, 0.4) is 0 Å². The number of allylic oxidation sites excluding steroid dienone is 9. The molecule has 0 radical (unpaired) electrons. The third-order valence-corrected chi connectivity index (χ3v) is 18.2. The highest BCUT2D eigenvalue weighted by molar-refractivity contribution is 7.45. The molecule has 0 saturated heterocycles. The summed E-state index contributed by atoms with van der Waals surface area (Å²) in [6, 6.07) is -0.904. The molecule has 3 unspecified atom stereocenters. The van der Waals surface area contributed by atoms with Crippen LogP contribution in [0, 0.1) is 0 Å². The van der Waals surface area contributed by atoms with Crippen LogP contribution in [0.1, 0.15) is 373 Å². The Morgan fingerprint density at radius 1 is 0.407 bits per heavy atom. The van der Waals surface area contributed by atoms with Crippen molar-refractivity contribution < 1.29 is 32.9 Å². The first-order chi connectivity index (χ1) is 42.0. The molecule has 0 spiro atoms. The second-order valence-corrected chi connectivity index (χ2v) is 28.4. The molecule has 86 heavy (non-hydrogen) atoms. The van der Waals surface area contributed by atoms with E-state index in [1.165, 1.54) is 302 Å². The molecule has 0 saturated carbocycles. The number of carbonyl (C=O) groups excluding carboxylic acids is 1. The van der Waals surface area contributed by atoms with Gasteiger partial charge < -0.3 is 28.8 Å². The van der Waals surface area contributed by atoms with E-state index in [9.17, 15) is 19.4 Å². The molecule has 2 N–H and O–H groups in total. The average Bonchev–Trinajstić information content (AvgIpc) is 3.70. The highest BCUT2D eigenvalue weighted by Crippen LogP contribution is 2.38. The Hall–Kier alpha value is -1.80. The number of hydrogen-bond acceptors (Lipinski definition) is 6. The summed E-state index contributed by atoms with van der Waals surface area (Å²) < 4.78 is 23.5. The standard InChI is InChI=1S/C77H147N2O6P/c1-6-8-10-12-14-16-18-20-22-24-26-28-30-31-32-33-34-35-36-37-38-39-40-41-42-43-44-45-46-47-49-51-53-55-57-59-61-63-65-67-69-71-77(81)78-75(74-85-86(82,83)84-73-72-79(3,4)5)76(80)70-68-66-64-62-60-58-56-54-52-50-48-29-27-25-23-21-19-17-15-13-11-9-7-2/h18,20,24,26,30-31,60,62,68,70,75-76,80H,6-17,19,21-23,25,27-29,32-59,61,63-67,69,71-74H2,1-5H3,(H-,78,81,82,83)/b20-18-,26-24-,31-30-,62-60+,70-68+. The molecule has 0 aromatic heterocycles. The summed E-state index contributed by atoms with van der Waals surface area (Å²) in [7, 11) is 1.26. The maximum absolute atomic E-state index is 13.0. The highest BCUT2D eigenvalue weighted by atomic mass is 31.2. The number of quaternary nitrogens is 1. The topological polar surface area (TPSA) is 108 Å². The van der Waals surface area contributed by atoms with Crippen LogP contribution in [-0.4, -0.2) is 68.5 Å². The van der Waals surface area contributed by atoms with Crippen molar-refractivity contribution in [3.8, 4) is 0 Å². The number of likely N-dealkylation sites (N-methyl/N-ethyl adjacent to an activating group) is 1. The van der Waals surface area contributed by atoms with Crippen LogP contribution in [0.2, 0.25) is 0 Å². The van der Waals surface area contributed by atoms with E-state index < -0.39 is 20.0 Å². The molecule has 0 aromatic rings. The van der Waals surface area contributed by atoms with Gasteiger partial charge in [0.05, 0.1) is 39.9 Å². The second-order valence-electron chi connectivity index (χ2n) is 27.0. The molecular weight excluding hydrogens is 1080 g/mol. The lowest BCUT2D eigenvalue weighted by molar-refractivity contribution is -0.870. The van der Waals surface area contributed by atoms with Crippen molar-refractivity contribution in [2.45, 2.75) is 386 Å². The monoisotopic (exact) mass is 1230 g/mol. The summed E-state index contributed by atoms with van der Waals surface area (Å²) in [5, 5.41) is 14.0. The molecule has 0 aliphatic heterocycles. The Balaban J connectivity index is 3.95. The SMILES string of the molecule is CCCCCCC/C=C\C/C=C\C/C=C\CCCCCCCCCCCCCCCCCCCCCCCCCCCCC(=O)NC(COP(=O)([O-])OCC[N+](C)(C)C)C(O)/C=C/CC/C=C/CCCCCCCCCCCCCCCCCCC. The number of aliphatic hydroxyl groups is 1. The van der Waals surface area contributed by atoms with Gasteiger partial charge in [-0.1, -0.05) is 357 Å². The Labute approximate surface area is 536 Å². The molecule has 0 aliphatic carbocycles. The zero-order valence-corrected chi connectivity index (χ0v) is 58.9. The first-order valence-corrected chi connectivity index (χ1v) is 39.1. The average molecular weight is 1230 g/mol. The van der Waals surface area contributed by atoms with E-state index >= 15 is 0 Å². The number of nitrogens with zero attached hydrogens (tertiary/aromatic N) is 1. The van der Waals surface area contributed by atoms with Crippen LogP contribution in [0.5, 0.6) is 0 Å². The van der Waals surface area contributed by atoms with Crippen molar-refractivity contribution in [2.75, 3.05) is 40.9 Å². The van der Waals surface area contributed by atoms with Gasteiger partial charge in [-0.2, -0.15) is 0 Å². The lowest BCUT2D eigenvalue weighted by atomic mass is 10.0. The highest BCUT2D eigenvalue weighted by Gasteiger charge is 2.23. The van der Waals surface area contributed by atoms with Crippen LogP contribution in [0.4, 0.5) is 0 Å². The molecular formula is C77H147N2O6P. The quantitative estimate of drug-likeness (QED) is 0.0272. The number of amides is 1. The van der Waals surface area contributed by atoms with Gasteiger partial charge in [-0.25, -0.2) is 0 Å². The van der Waals surface area contributed by atoms with Crippen LogP contribution < -0.4 is 10.2 Å². The Kier molecular flexibility index (Phi) is 66.2. The van der Waals surface area contributed by atoms with Gasteiger partial charge in [-0.05, 0) is 70.6 Å². The fourth-order valence-electron chi connectivity index (χ4n) is 11.4. The number of phosphoric acid groups is 1. The molecule has 0 aromatic carbocycles. The van der Waals surface area contributed by atoms with E-state index in [4.69, 9.17) is 9.05 Å². The number of hydrogen-bond donors (Lipinski definition) is 2. The number of carbonyl (C=O) groups is 1. The maximum atomic E-state index is 13.0. The minimum absolute atomic E-state index is 0.00523. The molecule has 0 aliphatic rings. The van der Waals surface area contributed by atoms with Crippen LogP contribution in [0.15, 0.2) is 60.8 Å². The zero-order chi connectivity index (χ0) is 62.6. The van der Waals surface area contributed by atoms with Crippen molar-refractivity contribution in [1.82, 2.24) is 5.32 Å². The minimum Gasteiger partial charge on any atom is -0.756 e. The van der Waals surface area contributed by atoms with Crippen LogP contribution in [0.25, 0.3) is 0 Å². The van der Waals surface area contributed by atoms with E-state index in [1.54, 1.807) is 6.08 Å². The van der Waals surface area contributed by atoms with E-state index in [1.807, 2.05) is 27.2 Å². The Morgan fingerprint density at radius 3 is 1.02 bits per heavy atom. The molecule has 0 rings (SSSR count). The summed E-state index contributed by atoms with van der Waals surface area (Å²) in [6.07, 6.45) is 93.8. The Bertz CT molecular complexity index is 1590. The smallest absolute Gasteiger partial charge is 0.268 e. The van der Waals surface area contributed by atoms with Gasteiger partial charge in [-0.3, -0.25) is 9.36 Å². The number of phosphoric ester groups is 1. The third-order valence-electron chi connectivity index (χ3n) is 17.2. The van der Waals surface area contributed by atoms with Gasteiger partial charge in [0.15, 0.2) is 0 Å². The van der Waals surface area contributed by atoms with E-state index in [0.29, 0.717) is 17.4 Å². The lowest BCUT2D eigenvalue weighted by Crippen LogP contribution is -2.45. The van der Waals surface area contributed by atoms with Crippen LogP contribution >= 0.6 is 7.82 Å². The van der Waals surface area contributed by atoms with Crippen molar-refractivity contribution in [1.29, 1.82) is 0 Å². The predicted molar refractivity (Wildman–Crippen MR) is 376 cm³/mol. The lowest BCUT2D eigenvalue weighted by Gasteiger charge is -2.29. The van der Waals surface area contributed by atoms with Crippen molar-refractivity contribution in [2.24, 2.45) is 0 Å². The van der Waals surface area contributed by atoms with E-state index in [0.717, 1.165) is 51.4 Å². The predicted octanol–water partition coefficient (Wildman–Crippen LogP) is 23.7. The van der Waals surface area contributed by atoms with Crippen LogP contribution in [-0.2, 0) is 18.4 Å². The van der Waals surface area contributed by atoms with E-state index in [-0.39, 0.29) is 19.1 Å². The summed E-state index contributed by atoms with van der Waals surface area (Å²) in [4.78, 5) is 25.6. The molecule has 0 fully saturated rings. The molecule has 8 nitrogen and oxygen atoms in total. The Morgan fingerprint density at radius 2 is 0.686 bits per heavy atom. The van der Waals surface area contributed by atoms with Gasteiger partial charge in [0.25, 0.3) is 7.82 Å². The summed E-state index contributed by atoms with van der Waals surface area (Å²) >= 11 is 0. The number of aliphatic hydroxyl groups excluding tert-OH is 1. The molecule has 506 valence electrons. The van der Waals surface area contributed by atoms with Gasteiger partial charge in [0.1, 0.15) is 13.2 Å². The number of nitrogens with one attached hydrogen (secondary N) is 1. The van der Waals surface area contributed by atoms with Gasteiger partial charge in [-0.15, -0.1) is 0 Å². The van der Waals surface area contributed by atoms with Crippen molar-refractivity contribution in [3.05, 3.63) is 60.8 Å². The summed E-state index contributed by atoms with van der Waals surface area (Å²) in [5.41, 5.74) is 0. The molecule has 0 bridgehead atoms. The molecule has 1 amide bonds. The minimum atomic E-state index is -4.61. The molecule has 3 atom stereocenters. The fourth-order valence-corrected chi connectivity index (χ4v) is 12.1. The normalized spacial score (nSPS) is 13.9. The van der Waals surface area contributed by atoms with Gasteiger partial charge >= 0.3 is 0 Å². The van der Waals surface area contributed by atoms with Gasteiger partial charge in [0.2, 0.25) is 5.91 Å². The first-order valence-electron chi connectivity index (χ1n) is 37.7. The number of unbranched alkanes of at least 4 members (excludes halogenated alkanes) is 49. The van der Waals surface area contributed by atoms with Crippen molar-refractivity contribution >= 4 is 13.7 Å². The van der Waals surface area contributed by atoms with Crippen molar-refractivity contribution in [3.63, 3.8) is 0 Å². The molecule has 9 heteroatoms. The summed E-state index contributed by atoms with van der Waals surface area (Å²) in [5.74, 6) is -0.200. The fraction of sp³-hybridized carbons (Fsp3) is 0.857. The second kappa shape index (κ2) is 67.6. The zero-order valence-electron chi connectivity index (χ0n) is 58.0. The maximum Gasteiger partial charge on any atom is 0.268 e. The first kappa shape index (κ1) is 84.2. The number of rotatable bonds is 70. The van der Waals surface area contributed by atoms with E-state index in [2.05, 4.69) is 67.8 Å². The third kappa shape index (κ3) is 69.7. The molecule has 0 heterocycles. The van der Waals surface area contributed by atoms with Gasteiger partial charge in [0, 0.05) is 6.42 Å². The summed E-state index contributed by atoms with van der Waals surface area (Å²) in [6.45, 7) is 4.67. The largest absolute Gasteiger partial charge is 0.756 e.